The molecular formula is C12H24N2O2. The van der Waals surface area contributed by atoms with Crippen LogP contribution in [-0.4, -0.2) is 49.7 Å². The van der Waals surface area contributed by atoms with Gasteiger partial charge in [-0.05, 0) is 53.2 Å². The molecule has 4 nitrogen and oxygen atoms in total. The van der Waals surface area contributed by atoms with Crippen molar-refractivity contribution in [2.45, 2.75) is 32.8 Å². The first-order valence-corrected chi connectivity index (χ1v) is 5.99. The van der Waals surface area contributed by atoms with Crippen LogP contribution in [0.4, 0.5) is 0 Å². The minimum atomic E-state index is -0.374. The minimum Gasteiger partial charge on any atom is -0.459 e. The van der Waals surface area contributed by atoms with Gasteiger partial charge in [-0.15, -0.1) is 0 Å². The van der Waals surface area contributed by atoms with Gasteiger partial charge in [-0.3, -0.25) is 9.69 Å². The van der Waals surface area contributed by atoms with Gasteiger partial charge in [0, 0.05) is 6.54 Å². The highest BCUT2D eigenvalue weighted by Gasteiger charge is 2.25. The topological polar surface area (TPSA) is 41.6 Å². The monoisotopic (exact) mass is 228 g/mol. The maximum absolute atomic E-state index is 11.6. The Balaban J connectivity index is 2.26. The van der Waals surface area contributed by atoms with E-state index < -0.39 is 0 Å². The number of esters is 1. The summed E-state index contributed by atoms with van der Waals surface area (Å²) in [5.74, 6) is 0.560. The lowest BCUT2D eigenvalue weighted by molar-refractivity contribution is -0.155. The van der Waals surface area contributed by atoms with Crippen LogP contribution in [0.3, 0.4) is 0 Å². The molecular weight excluding hydrogens is 204 g/mol. The second kappa shape index (κ2) is 5.64. The predicted octanol–water partition coefficient (Wildman–Crippen LogP) is 0.869. The molecule has 1 fully saturated rings. The van der Waals surface area contributed by atoms with Gasteiger partial charge in [-0.2, -0.15) is 0 Å². The molecule has 0 amide bonds. The smallest absolute Gasteiger partial charge is 0.320 e. The molecule has 1 saturated heterocycles. The first kappa shape index (κ1) is 13.5. The van der Waals surface area contributed by atoms with E-state index >= 15 is 0 Å². The normalized spacial score (nSPS) is 22.4. The summed E-state index contributed by atoms with van der Waals surface area (Å²) in [7, 11) is 1.97. The van der Waals surface area contributed by atoms with Crippen molar-refractivity contribution in [3.8, 4) is 0 Å². The Hall–Kier alpha value is -0.610. The summed E-state index contributed by atoms with van der Waals surface area (Å²) >= 11 is 0. The number of carbonyl (C=O) groups excluding carboxylic acids is 1. The Morgan fingerprint density at radius 1 is 1.50 bits per heavy atom. The van der Waals surface area contributed by atoms with E-state index in [2.05, 4.69) is 10.2 Å². The zero-order chi connectivity index (χ0) is 12.2. The molecule has 0 bridgehead atoms. The molecule has 0 radical (unpaired) electrons. The maximum Gasteiger partial charge on any atom is 0.320 e. The molecule has 1 rings (SSSR count). The molecule has 1 unspecified atom stereocenters. The summed E-state index contributed by atoms with van der Waals surface area (Å²) in [6.45, 7) is 9.17. The molecule has 0 spiro atoms. The number of carbonyl (C=O) groups is 1. The molecule has 1 aliphatic heterocycles. The van der Waals surface area contributed by atoms with E-state index in [1.807, 2.05) is 27.8 Å². The zero-order valence-corrected chi connectivity index (χ0v) is 10.9. The van der Waals surface area contributed by atoms with E-state index in [0.717, 1.165) is 19.6 Å². The van der Waals surface area contributed by atoms with E-state index in [4.69, 9.17) is 4.74 Å². The second-order valence-corrected chi connectivity index (χ2v) is 5.53. The third-order valence-electron chi connectivity index (χ3n) is 2.64. The molecule has 0 aromatic rings. The lowest BCUT2D eigenvalue weighted by atomic mass is 10.1. The van der Waals surface area contributed by atoms with Crippen LogP contribution in [0, 0.1) is 5.92 Å². The predicted molar refractivity (Wildman–Crippen MR) is 64.3 cm³/mol. The van der Waals surface area contributed by atoms with Gasteiger partial charge in [-0.1, -0.05) is 0 Å². The summed E-state index contributed by atoms with van der Waals surface area (Å²) in [6, 6.07) is 0. The molecule has 1 heterocycles. The van der Waals surface area contributed by atoms with Crippen molar-refractivity contribution in [2.75, 3.05) is 33.2 Å². The van der Waals surface area contributed by atoms with Gasteiger partial charge in [0.05, 0.1) is 6.54 Å². The van der Waals surface area contributed by atoms with E-state index in [-0.39, 0.29) is 11.6 Å². The van der Waals surface area contributed by atoms with Gasteiger partial charge in [0.1, 0.15) is 5.60 Å². The molecule has 0 saturated carbocycles. The van der Waals surface area contributed by atoms with Crippen LogP contribution < -0.4 is 5.32 Å². The molecule has 94 valence electrons. The van der Waals surface area contributed by atoms with Crippen LogP contribution in [-0.2, 0) is 9.53 Å². The van der Waals surface area contributed by atoms with Crippen LogP contribution in [0.25, 0.3) is 0 Å². The molecule has 0 aromatic heterocycles. The summed E-state index contributed by atoms with van der Waals surface area (Å²) in [6.07, 6.45) is 1.17. The lowest BCUT2D eigenvalue weighted by Crippen LogP contribution is -2.34. The van der Waals surface area contributed by atoms with Crippen molar-refractivity contribution in [1.82, 2.24) is 10.2 Å². The SMILES string of the molecule is CNCC1CCN(CC(=O)OC(C)(C)C)C1. The van der Waals surface area contributed by atoms with Crippen LogP contribution in [0.15, 0.2) is 0 Å². The van der Waals surface area contributed by atoms with Gasteiger partial charge in [0.15, 0.2) is 0 Å². The second-order valence-electron chi connectivity index (χ2n) is 5.53. The number of ether oxygens (including phenoxy) is 1. The third kappa shape index (κ3) is 4.94. The van der Waals surface area contributed by atoms with Crippen LogP contribution in [0.1, 0.15) is 27.2 Å². The molecule has 1 atom stereocenters. The first-order valence-electron chi connectivity index (χ1n) is 5.99. The van der Waals surface area contributed by atoms with Crippen LogP contribution >= 0.6 is 0 Å². The number of nitrogens with one attached hydrogen (secondary N) is 1. The Bertz CT molecular complexity index is 236. The standard InChI is InChI=1S/C12H24N2O2/c1-12(2,3)16-11(15)9-14-6-5-10(8-14)7-13-4/h10,13H,5-9H2,1-4H3. The van der Waals surface area contributed by atoms with Gasteiger partial charge < -0.3 is 10.1 Å². The van der Waals surface area contributed by atoms with Gasteiger partial charge >= 0.3 is 5.97 Å². The lowest BCUT2D eigenvalue weighted by Gasteiger charge is -2.22. The fraction of sp³-hybridized carbons (Fsp3) is 0.917. The van der Waals surface area contributed by atoms with Crippen molar-refractivity contribution in [2.24, 2.45) is 5.92 Å². The van der Waals surface area contributed by atoms with Gasteiger partial charge in [0.25, 0.3) is 0 Å². The number of rotatable bonds is 4. The molecule has 1 N–H and O–H groups in total. The van der Waals surface area contributed by atoms with E-state index in [0.29, 0.717) is 12.5 Å². The van der Waals surface area contributed by atoms with Crippen LogP contribution in [0.5, 0.6) is 0 Å². The van der Waals surface area contributed by atoms with E-state index in [1.165, 1.54) is 6.42 Å². The number of hydrogen-bond donors (Lipinski definition) is 1. The fourth-order valence-electron chi connectivity index (χ4n) is 2.07. The van der Waals surface area contributed by atoms with Crippen molar-refractivity contribution in [3.63, 3.8) is 0 Å². The molecule has 16 heavy (non-hydrogen) atoms. The average Bonchev–Trinajstić information content (AvgIpc) is 2.49. The summed E-state index contributed by atoms with van der Waals surface area (Å²) in [4.78, 5) is 13.8. The Morgan fingerprint density at radius 3 is 2.75 bits per heavy atom. The Labute approximate surface area is 98.3 Å². The number of hydrogen-bond acceptors (Lipinski definition) is 4. The number of nitrogens with zero attached hydrogens (tertiary/aromatic N) is 1. The van der Waals surface area contributed by atoms with Crippen molar-refractivity contribution in [1.29, 1.82) is 0 Å². The zero-order valence-electron chi connectivity index (χ0n) is 10.9. The molecule has 0 aliphatic carbocycles. The number of likely N-dealkylation sites (tertiary alicyclic amines) is 1. The van der Waals surface area contributed by atoms with Crippen molar-refractivity contribution in [3.05, 3.63) is 0 Å². The first-order chi connectivity index (χ1) is 7.40. The van der Waals surface area contributed by atoms with Gasteiger partial charge in [-0.25, -0.2) is 0 Å². The quantitative estimate of drug-likeness (QED) is 0.725. The van der Waals surface area contributed by atoms with E-state index in [1.54, 1.807) is 0 Å². The molecule has 4 heteroatoms. The highest BCUT2D eigenvalue weighted by molar-refractivity contribution is 5.72. The average molecular weight is 228 g/mol. The van der Waals surface area contributed by atoms with Crippen LogP contribution in [0.2, 0.25) is 0 Å². The highest BCUT2D eigenvalue weighted by atomic mass is 16.6. The Morgan fingerprint density at radius 2 is 2.19 bits per heavy atom. The Kier molecular flexibility index (Phi) is 4.74. The van der Waals surface area contributed by atoms with Crippen molar-refractivity contribution >= 4 is 5.97 Å². The summed E-state index contributed by atoms with van der Waals surface area (Å²) in [5, 5.41) is 3.18. The molecule has 1 aliphatic rings. The largest absolute Gasteiger partial charge is 0.459 e. The summed E-state index contributed by atoms with van der Waals surface area (Å²) < 4.78 is 5.30. The third-order valence-corrected chi connectivity index (χ3v) is 2.64. The molecule has 0 aromatic carbocycles. The minimum absolute atomic E-state index is 0.113. The van der Waals surface area contributed by atoms with Gasteiger partial charge in [0.2, 0.25) is 0 Å². The van der Waals surface area contributed by atoms with Crippen molar-refractivity contribution < 1.29 is 9.53 Å². The highest BCUT2D eigenvalue weighted by Crippen LogP contribution is 2.15. The fourth-order valence-corrected chi connectivity index (χ4v) is 2.07. The van der Waals surface area contributed by atoms with E-state index in [9.17, 15) is 4.79 Å². The summed E-state index contributed by atoms with van der Waals surface area (Å²) in [5.41, 5.74) is -0.374. The maximum atomic E-state index is 11.6.